The fraction of sp³-hybridized carbons (Fsp3) is 0.818. The SMILES string of the molecule is CCC(C)N(CCOC)c1nnc(C(C)N)o1. The summed E-state index contributed by atoms with van der Waals surface area (Å²) in [5.41, 5.74) is 5.70. The summed E-state index contributed by atoms with van der Waals surface area (Å²) in [6.07, 6.45) is 1.000. The molecule has 2 unspecified atom stereocenters. The van der Waals surface area contributed by atoms with Crippen LogP contribution in [0.25, 0.3) is 0 Å². The van der Waals surface area contributed by atoms with E-state index in [9.17, 15) is 0 Å². The predicted octanol–water partition coefficient (Wildman–Crippen LogP) is 1.34. The van der Waals surface area contributed by atoms with E-state index in [0.717, 1.165) is 13.0 Å². The van der Waals surface area contributed by atoms with Gasteiger partial charge in [-0.1, -0.05) is 12.0 Å². The largest absolute Gasteiger partial charge is 0.406 e. The summed E-state index contributed by atoms with van der Waals surface area (Å²) in [4.78, 5) is 2.04. The lowest BCUT2D eigenvalue weighted by molar-refractivity contribution is 0.201. The zero-order chi connectivity index (χ0) is 12.8. The average Bonchev–Trinajstić information content (AvgIpc) is 2.78. The first-order valence-electron chi connectivity index (χ1n) is 5.94. The summed E-state index contributed by atoms with van der Waals surface area (Å²) >= 11 is 0. The second-order valence-electron chi connectivity index (χ2n) is 4.16. The van der Waals surface area contributed by atoms with Crippen molar-refractivity contribution in [3.05, 3.63) is 5.89 Å². The van der Waals surface area contributed by atoms with Crippen molar-refractivity contribution in [3.8, 4) is 0 Å². The predicted molar refractivity (Wildman–Crippen MR) is 65.9 cm³/mol. The van der Waals surface area contributed by atoms with Gasteiger partial charge in [0.1, 0.15) is 0 Å². The molecule has 17 heavy (non-hydrogen) atoms. The molecule has 2 N–H and O–H groups in total. The van der Waals surface area contributed by atoms with Crippen LogP contribution in [0.4, 0.5) is 6.01 Å². The summed E-state index contributed by atoms with van der Waals surface area (Å²) in [5.74, 6) is 0.464. The van der Waals surface area contributed by atoms with E-state index < -0.39 is 0 Å². The van der Waals surface area contributed by atoms with Gasteiger partial charge in [0.25, 0.3) is 0 Å². The first-order chi connectivity index (χ1) is 8.10. The van der Waals surface area contributed by atoms with E-state index in [4.69, 9.17) is 14.9 Å². The fourth-order valence-electron chi connectivity index (χ4n) is 1.44. The van der Waals surface area contributed by atoms with E-state index >= 15 is 0 Å². The van der Waals surface area contributed by atoms with Crippen LogP contribution >= 0.6 is 0 Å². The summed E-state index contributed by atoms with van der Waals surface area (Å²) in [5, 5.41) is 7.97. The molecule has 1 heterocycles. The molecule has 6 heteroatoms. The molecule has 6 nitrogen and oxygen atoms in total. The Morgan fingerprint density at radius 2 is 2.12 bits per heavy atom. The maximum atomic E-state index is 5.70. The van der Waals surface area contributed by atoms with Crippen molar-refractivity contribution in [3.63, 3.8) is 0 Å². The molecule has 1 aromatic rings. The van der Waals surface area contributed by atoms with Crippen molar-refractivity contribution in [2.75, 3.05) is 25.2 Å². The molecular formula is C11H22N4O2. The number of ether oxygens (including phenoxy) is 1. The van der Waals surface area contributed by atoms with Crippen LogP contribution in [0.5, 0.6) is 0 Å². The molecule has 0 amide bonds. The van der Waals surface area contributed by atoms with Crippen LogP contribution in [-0.4, -0.2) is 36.5 Å². The van der Waals surface area contributed by atoms with Crippen LogP contribution in [0, 0.1) is 0 Å². The van der Waals surface area contributed by atoms with E-state index in [2.05, 4.69) is 24.0 Å². The molecule has 0 fully saturated rings. The highest BCUT2D eigenvalue weighted by Gasteiger charge is 2.20. The number of anilines is 1. The Bertz CT molecular complexity index is 327. The molecule has 0 aliphatic carbocycles. The number of hydrogen-bond acceptors (Lipinski definition) is 6. The number of aromatic nitrogens is 2. The zero-order valence-corrected chi connectivity index (χ0v) is 11.0. The second kappa shape index (κ2) is 6.56. The third-order valence-corrected chi connectivity index (χ3v) is 2.72. The van der Waals surface area contributed by atoms with Gasteiger partial charge in [0.05, 0.1) is 12.6 Å². The molecule has 0 radical (unpaired) electrons. The molecule has 0 aliphatic heterocycles. The second-order valence-corrected chi connectivity index (χ2v) is 4.16. The van der Waals surface area contributed by atoms with Crippen molar-refractivity contribution in [2.45, 2.75) is 39.3 Å². The minimum atomic E-state index is -0.238. The van der Waals surface area contributed by atoms with E-state index in [0.29, 0.717) is 24.6 Å². The van der Waals surface area contributed by atoms with Gasteiger partial charge in [0, 0.05) is 19.7 Å². The van der Waals surface area contributed by atoms with Gasteiger partial charge in [-0.25, -0.2) is 0 Å². The Morgan fingerprint density at radius 1 is 1.41 bits per heavy atom. The standard InChI is InChI=1S/C11H22N4O2/c1-5-8(2)15(6-7-16-4)11-14-13-10(17-11)9(3)12/h8-9H,5-7,12H2,1-4H3. The molecule has 98 valence electrons. The highest BCUT2D eigenvalue weighted by molar-refractivity contribution is 5.26. The van der Waals surface area contributed by atoms with Crippen LogP contribution < -0.4 is 10.6 Å². The Balaban J connectivity index is 2.80. The number of hydrogen-bond donors (Lipinski definition) is 1. The minimum absolute atomic E-state index is 0.238. The summed E-state index contributed by atoms with van der Waals surface area (Å²) in [7, 11) is 1.68. The van der Waals surface area contributed by atoms with Crippen molar-refractivity contribution in [1.29, 1.82) is 0 Å². The normalized spacial score (nSPS) is 14.6. The molecule has 1 rings (SSSR count). The molecule has 0 spiro atoms. The minimum Gasteiger partial charge on any atom is -0.406 e. The van der Waals surface area contributed by atoms with Gasteiger partial charge in [-0.05, 0) is 20.3 Å². The molecule has 2 atom stereocenters. The van der Waals surface area contributed by atoms with Crippen LogP contribution in [0.2, 0.25) is 0 Å². The number of rotatable bonds is 7. The van der Waals surface area contributed by atoms with Gasteiger partial charge in [-0.3, -0.25) is 0 Å². The number of nitrogens with two attached hydrogens (primary N) is 1. The van der Waals surface area contributed by atoms with Crippen LogP contribution in [0.3, 0.4) is 0 Å². The van der Waals surface area contributed by atoms with Crippen molar-refractivity contribution in [2.24, 2.45) is 5.73 Å². The van der Waals surface area contributed by atoms with Crippen LogP contribution in [0.15, 0.2) is 4.42 Å². The van der Waals surface area contributed by atoms with Crippen LogP contribution in [0.1, 0.15) is 39.1 Å². The van der Waals surface area contributed by atoms with Crippen molar-refractivity contribution >= 4 is 6.01 Å². The lowest BCUT2D eigenvalue weighted by Crippen LogP contribution is -2.35. The van der Waals surface area contributed by atoms with Gasteiger partial charge in [-0.2, -0.15) is 0 Å². The van der Waals surface area contributed by atoms with Crippen molar-refractivity contribution < 1.29 is 9.15 Å². The van der Waals surface area contributed by atoms with Gasteiger partial charge in [0.15, 0.2) is 0 Å². The molecule has 0 aromatic carbocycles. The smallest absolute Gasteiger partial charge is 0.318 e. The van der Waals surface area contributed by atoms with E-state index in [-0.39, 0.29) is 6.04 Å². The molecule has 0 saturated carbocycles. The number of methoxy groups -OCH3 is 1. The Morgan fingerprint density at radius 3 is 2.59 bits per heavy atom. The monoisotopic (exact) mass is 242 g/mol. The van der Waals surface area contributed by atoms with Gasteiger partial charge < -0.3 is 19.8 Å². The highest BCUT2D eigenvalue weighted by Crippen LogP contribution is 2.19. The van der Waals surface area contributed by atoms with Crippen molar-refractivity contribution in [1.82, 2.24) is 10.2 Å². The topological polar surface area (TPSA) is 77.4 Å². The fourth-order valence-corrected chi connectivity index (χ4v) is 1.44. The summed E-state index contributed by atoms with van der Waals surface area (Å²) < 4.78 is 10.6. The van der Waals surface area contributed by atoms with Gasteiger partial charge in [0.2, 0.25) is 5.89 Å². The quantitative estimate of drug-likeness (QED) is 0.777. The zero-order valence-electron chi connectivity index (χ0n) is 11.0. The Hall–Kier alpha value is -1.14. The molecule has 0 bridgehead atoms. The Labute approximate surface area is 102 Å². The van der Waals surface area contributed by atoms with E-state index in [1.165, 1.54) is 0 Å². The molecule has 0 saturated heterocycles. The Kier molecular flexibility index (Phi) is 5.37. The lowest BCUT2D eigenvalue weighted by Gasteiger charge is -2.25. The van der Waals surface area contributed by atoms with Gasteiger partial charge >= 0.3 is 6.01 Å². The summed E-state index contributed by atoms with van der Waals surface area (Å²) in [6.45, 7) is 7.41. The maximum Gasteiger partial charge on any atom is 0.318 e. The molecule has 0 aliphatic rings. The lowest BCUT2D eigenvalue weighted by atomic mass is 10.2. The van der Waals surface area contributed by atoms with Crippen LogP contribution in [-0.2, 0) is 4.74 Å². The molecular weight excluding hydrogens is 220 g/mol. The highest BCUT2D eigenvalue weighted by atomic mass is 16.5. The maximum absolute atomic E-state index is 5.70. The van der Waals surface area contributed by atoms with Gasteiger partial charge in [-0.15, -0.1) is 5.10 Å². The average molecular weight is 242 g/mol. The third kappa shape index (κ3) is 3.67. The first-order valence-corrected chi connectivity index (χ1v) is 5.94. The van der Waals surface area contributed by atoms with E-state index in [1.807, 2.05) is 11.8 Å². The summed E-state index contributed by atoms with van der Waals surface area (Å²) in [6, 6.07) is 0.604. The first kappa shape index (κ1) is 13.9. The van der Waals surface area contributed by atoms with E-state index in [1.54, 1.807) is 7.11 Å². The third-order valence-electron chi connectivity index (χ3n) is 2.72. The number of nitrogens with zero attached hydrogens (tertiary/aromatic N) is 3. The molecule has 1 aromatic heterocycles.